The molecular formula is C24H25ClN2O3. The van der Waals surface area contributed by atoms with Gasteiger partial charge in [0.25, 0.3) is 0 Å². The number of carbonyl (C=O) groups excluding carboxylic acids is 2. The molecule has 1 heterocycles. The minimum absolute atomic E-state index is 0.102. The molecule has 156 valence electrons. The zero-order valence-electron chi connectivity index (χ0n) is 16.9. The molecule has 2 aromatic carbocycles. The lowest BCUT2D eigenvalue weighted by atomic mass is 9.93. The van der Waals surface area contributed by atoms with Gasteiger partial charge < -0.3 is 15.0 Å². The minimum Gasteiger partial charge on any atom is -0.489 e. The quantitative estimate of drug-likeness (QED) is 0.683. The van der Waals surface area contributed by atoms with Crippen LogP contribution in [-0.4, -0.2) is 22.8 Å². The number of nitrogens with zero attached hydrogens (tertiary/aromatic N) is 1. The fourth-order valence-electron chi connectivity index (χ4n) is 4.16. The van der Waals surface area contributed by atoms with Gasteiger partial charge in [0.2, 0.25) is 11.8 Å². The van der Waals surface area contributed by atoms with Gasteiger partial charge in [-0.25, -0.2) is 0 Å². The van der Waals surface area contributed by atoms with Crippen molar-refractivity contribution < 1.29 is 14.3 Å². The summed E-state index contributed by atoms with van der Waals surface area (Å²) < 4.78 is 5.97. The second kappa shape index (κ2) is 8.92. The summed E-state index contributed by atoms with van der Waals surface area (Å²) in [5, 5.41) is 3.38. The van der Waals surface area contributed by atoms with Gasteiger partial charge in [-0.1, -0.05) is 35.9 Å². The molecule has 0 aromatic heterocycles. The van der Waals surface area contributed by atoms with Crippen LogP contribution in [0.2, 0.25) is 5.02 Å². The Morgan fingerprint density at radius 2 is 1.93 bits per heavy atom. The van der Waals surface area contributed by atoms with Crippen LogP contribution in [0.1, 0.15) is 56.2 Å². The number of benzene rings is 2. The molecule has 1 unspecified atom stereocenters. The van der Waals surface area contributed by atoms with Crippen LogP contribution < -0.4 is 10.1 Å². The Kier molecular flexibility index (Phi) is 6.09. The summed E-state index contributed by atoms with van der Waals surface area (Å²) in [5.41, 5.74) is 2.59. The first-order valence-corrected chi connectivity index (χ1v) is 10.7. The Hall–Kier alpha value is -2.79. The lowest BCUT2D eigenvalue weighted by molar-refractivity contribution is -0.129. The molecule has 1 saturated carbocycles. The number of nitrogens with one attached hydrogen (secondary N) is 1. The number of anilines is 1. The standard InChI is InChI=1S/C24H25ClN2O3/c1-16(28)27-13-12-17-6-2-5-9-20(17)22(27)15-24(29)26-18-10-11-23(21(25)14-18)30-19-7-3-4-8-19/h2,5-6,9-14,19,22H,3-4,7-8,15H2,1H3,(H,26,29). The number of halogens is 1. The van der Waals surface area contributed by atoms with E-state index in [1.165, 1.54) is 19.8 Å². The maximum atomic E-state index is 12.8. The molecule has 2 aromatic rings. The van der Waals surface area contributed by atoms with Gasteiger partial charge in [-0.3, -0.25) is 9.59 Å². The molecule has 0 saturated heterocycles. The van der Waals surface area contributed by atoms with Crippen molar-refractivity contribution in [3.05, 3.63) is 64.8 Å². The Morgan fingerprint density at radius 1 is 1.17 bits per heavy atom. The molecule has 0 radical (unpaired) electrons. The molecule has 1 fully saturated rings. The minimum atomic E-state index is -0.343. The van der Waals surface area contributed by atoms with Crippen molar-refractivity contribution in [3.63, 3.8) is 0 Å². The Balaban J connectivity index is 1.45. The zero-order valence-corrected chi connectivity index (χ0v) is 17.7. The number of hydrogen-bond acceptors (Lipinski definition) is 3. The summed E-state index contributed by atoms with van der Waals surface area (Å²) in [6.07, 6.45) is 8.50. The van der Waals surface area contributed by atoms with Crippen molar-refractivity contribution in [2.45, 2.75) is 51.2 Å². The van der Waals surface area contributed by atoms with Crippen LogP contribution in [0.4, 0.5) is 5.69 Å². The van der Waals surface area contributed by atoms with E-state index in [1.54, 1.807) is 29.3 Å². The van der Waals surface area contributed by atoms with E-state index < -0.39 is 0 Å². The summed E-state index contributed by atoms with van der Waals surface area (Å²) in [5.74, 6) is 0.363. The lowest BCUT2D eigenvalue weighted by Crippen LogP contribution is -2.33. The van der Waals surface area contributed by atoms with Crippen molar-refractivity contribution in [2.75, 3.05) is 5.32 Å². The first kappa shape index (κ1) is 20.5. The normalized spacial score (nSPS) is 18.2. The highest BCUT2D eigenvalue weighted by Gasteiger charge is 2.28. The predicted octanol–water partition coefficient (Wildman–Crippen LogP) is 5.56. The van der Waals surface area contributed by atoms with E-state index in [2.05, 4.69) is 5.32 Å². The number of ether oxygens (including phenoxy) is 1. The van der Waals surface area contributed by atoms with Gasteiger partial charge in [-0.05, 0) is 61.1 Å². The number of rotatable bonds is 5. The monoisotopic (exact) mass is 424 g/mol. The maximum Gasteiger partial charge on any atom is 0.226 e. The van der Waals surface area contributed by atoms with Crippen molar-refractivity contribution in [3.8, 4) is 5.75 Å². The summed E-state index contributed by atoms with van der Waals surface area (Å²) in [6.45, 7) is 1.51. The third-order valence-corrected chi connectivity index (χ3v) is 5.95. The molecule has 1 aliphatic heterocycles. The summed E-state index contributed by atoms with van der Waals surface area (Å²) in [4.78, 5) is 26.5. The molecule has 2 aliphatic rings. The summed E-state index contributed by atoms with van der Waals surface area (Å²) in [6, 6.07) is 12.8. The Morgan fingerprint density at radius 3 is 2.67 bits per heavy atom. The van der Waals surface area contributed by atoms with E-state index in [-0.39, 0.29) is 30.4 Å². The van der Waals surface area contributed by atoms with Crippen LogP contribution in [0.15, 0.2) is 48.7 Å². The highest BCUT2D eigenvalue weighted by atomic mass is 35.5. The van der Waals surface area contributed by atoms with Crippen LogP contribution in [0.5, 0.6) is 5.75 Å². The molecule has 30 heavy (non-hydrogen) atoms. The molecule has 1 N–H and O–H groups in total. The van der Waals surface area contributed by atoms with Gasteiger partial charge in [-0.2, -0.15) is 0 Å². The first-order valence-electron chi connectivity index (χ1n) is 10.3. The molecule has 0 spiro atoms. The van der Waals surface area contributed by atoms with E-state index in [9.17, 15) is 9.59 Å². The van der Waals surface area contributed by atoms with Crippen molar-refractivity contribution in [1.29, 1.82) is 0 Å². The molecule has 0 bridgehead atoms. The molecule has 6 heteroatoms. The molecular weight excluding hydrogens is 400 g/mol. The van der Waals surface area contributed by atoms with Crippen molar-refractivity contribution in [2.24, 2.45) is 0 Å². The largest absolute Gasteiger partial charge is 0.489 e. The first-order chi connectivity index (χ1) is 14.5. The molecule has 4 rings (SSSR count). The van der Waals surface area contributed by atoms with Crippen LogP contribution in [0, 0.1) is 0 Å². The fraction of sp³-hybridized carbons (Fsp3) is 0.333. The van der Waals surface area contributed by atoms with Gasteiger partial charge in [0.1, 0.15) is 5.75 Å². The van der Waals surface area contributed by atoms with Gasteiger partial charge in [-0.15, -0.1) is 0 Å². The zero-order chi connectivity index (χ0) is 21.1. The molecule has 2 amide bonds. The van der Waals surface area contributed by atoms with Crippen LogP contribution in [0.3, 0.4) is 0 Å². The average Bonchev–Trinajstić information content (AvgIpc) is 3.23. The van der Waals surface area contributed by atoms with E-state index in [0.717, 1.165) is 24.0 Å². The highest BCUT2D eigenvalue weighted by molar-refractivity contribution is 6.32. The third kappa shape index (κ3) is 4.51. The maximum absolute atomic E-state index is 12.8. The van der Waals surface area contributed by atoms with Crippen LogP contribution >= 0.6 is 11.6 Å². The van der Waals surface area contributed by atoms with Crippen LogP contribution in [0.25, 0.3) is 6.08 Å². The van der Waals surface area contributed by atoms with Crippen LogP contribution in [-0.2, 0) is 9.59 Å². The van der Waals surface area contributed by atoms with E-state index >= 15 is 0 Å². The Labute approximate surface area is 181 Å². The predicted molar refractivity (Wildman–Crippen MR) is 118 cm³/mol. The number of fused-ring (bicyclic) bond motifs is 1. The van der Waals surface area contributed by atoms with Crippen molar-refractivity contribution in [1.82, 2.24) is 4.90 Å². The van der Waals surface area contributed by atoms with Gasteiger partial charge in [0.15, 0.2) is 0 Å². The smallest absolute Gasteiger partial charge is 0.226 e. The van der Waals surface area contributed by atoms with Gasteiger partial charge in [0.05, 0.1) is 23.6 Å². The van der Waals surface area contributed by atoms with E-state index in [4.69, 9.17) is 16.3 Å². The third-order valence-electron chi connectivity index (χ3n) is 5.66. The average molecular weight is 425 g/mol. The number of amides is 2. The Bertz CT molecular complexity index is 982. The van der Waals surface area contributed by atoms with E-state index in [1.807, 2.05) is 30.3 Å². The number of carbonyl (C=O) groups is 2. The second-order valence-corrected chi connectivity index (χ2v) is 8.22. The fourth-order valence-corrected chi connectivity index (χ4v) is 4.39. The second-order valence-electron chi connectivity index (χ2n) is 7.81. The lowest BCUT2D eigenvalue weighted by Gasteiger charge is -2.32. The van der Waals surface area contributed by atoms with Crippen molar-refractivity contribution >= 4 is 35.2 Å². The van der Waals surface area contributed by atoms with E-state index in [0.29, 0.717) is 16.5 Å². The summed E-state index contributed by atoms with van der Waals surface area (Å²) in [7, 11) is 0. The SMILES string of the molecule is CC(=O)N1C=Cc2ccccc2C1CC(=O)Nc1ccc(OC2CCCC2)c(Cl)c1. The molecule has 1 aliphatic carbocycles. The molecule has 1 atom stereocenters. The van der Waals surface area contributed by atoms with Gasteiger partial charge >= 0.3 is 0 Å². The summed E-state index contributed by atoms with van der Waals surface area (Å²) >= 11 is 6.38. The van der Waals surface area contributed by atoms with Gasteiger partial charge in [0, 0.05) is 18.8 Å². The topological polar surface area (TPSA) is 58.6 Å². The highest BCUT2D eigenvalue weighted by Crippen LogP contribution is 2.34. The number of hydrogen-bond donors (Lipinski definition) is 1. The molecule has 5 nitrogen and oxygen atoms in total.